The fraction of sp³-hybridized carbons (Fsp3) is 0.471. The second-order valence-electron chi connectivity index (χ2n) is 5.90. The van der Waals surface area contributed by atoms with Crippen LogP contribution in [0.3, 0.4) is 0 Å². The quantitative estimate of drug-likeness (QED) is 0.864. The van der Waals surface area contributed by atoms with E-state index in [4.69, 9.17) is 4.74 Å². The number of nitrogens with zero attached hydrogens (tertiary/aromatic N) is 4. The largest absolute Gasteiger partial charge is 0.370 e. The second kappa shape index (κ2) is 6.91. The van der Waals surface area contributed by atoms with E-state index in [1.807, 2.05) is 47.8 Å². The van der Waals surface area contributed by atoms with E-state index in [-0.39, 0.29) is 12.0 Å². The van der Waals surface area contributed by atoms with E-state index in [0.29, 0.717) is 32.7 Å². The van der Waals surface area contributed by atoms with Gasteiger partial charge in [-0.25, -0.2) is 0 Å². The average molecular weight is 314 g/mol. The van der Waals surface area contributed by atoms with Crippen molar-refractivity contribution in [1.82, 2.24) is 19.7 Å². The fourth-order valence-corrected chi connectivity index (χ4v) is 2.80. The molecule has 0 saturated carbocycles. The molecule has 23 heavy (non-hydrogen) atoms. The predicted octanol–water partition coefficient (Wildman–Crippen LogP) is 1.89. The number of ether oxygens (including phenoxy) is 1. The van der Waals surface area contributed by atoms with Crippen molar-refractivity contribution >= 4 is 5.91 Å². The SMILES string of the molecule is Cc1cc([C@H]2CN(C(=O)CCn3ccc(C)n3)CCO2)ccn1. The molecule has 0 bridgehead atoms. The first kappa shape index (κ1) is 15.7. The molecule has 3 heterocycles. The number of hydrogen-bond acceptors (Lipinski definition) is 4. The summed E-state index contributed by atoms with van der Waals surface area (Å²) in [6, 6.07) is 5.92. The van der Waals surface area contributed by atoms with Crippen molar-refractivity contribution in [2.24, 2.45) is 0 Å². The Bertz CT molecular complexity index is 683. The van der Waals surface area contributed by atoms with Crippen molar-refractivity contribution in [1.29, 1.82) is 0 Å². The van der Waals surface area contributed by atoms with Crippen LogP contribution in [0.4, 0.5) is 0 Å². The lowest BCUT2D eigenvalue weighted by Crippen LogP contribution is -2.42. The molecule has 6 heteroatoms. The lowest BCUT2D eigenvalue weighted by atomic mass is 10.1. The monoisotopic (exact) mass is 314 g/mol. The van der Waals surface area contributed by atoms with Crippen molar-refractivity contribution in [2.75, 3.05) is 19.7 Å². The number of hydrogen-bond donors (Lipinski definition) is 0. The number of aryl methyl sites for hydroxylation is 3. The van der Waals surface area contributed by atoms with Crippen LogP contribution in [0.25, 0.3) is 0 Å². The number of carbonyl (C=O) groups excluding carboxylic acids is 1. The third-order valence-electron chi connectivity index (χ3n) is 4.04. The van der Waals surface area contributed by atoms with Gasteiger partial charge in [-0.1, -0.05) is 0 Å². The van der Waals surface area contributed by atoms with Crippen LogP contribution in [-0.4, -0.2) is 45.3 Å². The van der Waals surface area contributed by atoms with Gasteiger partial charge in [0.2, 0.25) is 5.91 Å². The Kier molecular flexibility index (Phi) is 4.71. The predicted molar refractivity (Wildman–Crippen MR) is 85.8 cm³/mol. The zero-order valence-corrected chi connectivity index (χ0v) is 13.6. The molecule has 0 spiro atoms. The summed E-state index contributed by atoms with van der Waals surface area (Å²) in [5.74, 6) is 0.150. The van der Waals surface area contributed by atoms with Gasteiger partial charge in [-0.3, -0.25) is 14.5 Å². The van der Waals surface area contributed by atoms with Gasteiger partial charge < -0.3 is 9.64 Å². The molecule has 0 unspecified atom stereocenters. The van der Waals surface area contributed by atoms with Crippen LogP contribution in [0.1, 0.15) is 29.5 Å². The van der Waals surface area contributed by atoms with Crippen LogP contribution in [0, 0.1) is 13.8 Å². The summed E-state index contributed by atoms with van der Waals surface area (Å²) in [5.41, 5.74) is 3.01. The average Bonchev–Trinajstić information content (AvgIpc) is 2.98. The van der Waals surface area contributed by atoms with Gasteiger partial charge in [0, 0.05) is 37.6 Å². The van der Waals surface area contributed by atoms with Crippen molar-refractivity contribution < 1.29 is 9.53 Å². The molecule has 2 aromatic rings. The first-order chi connectivity index (χ1) is 11.1. The maximum atomic E-state index is 12.4. The lowest BCUT2D eigenvalue weighted by molar-refractivity contribution is -0.139. The minimum absolute atomic E-state index is 0.0682. The van der Waals surface area contributed by atoms with Crippen LogP contribution in [-0.2, 0) is 16.1 Å². The standard InChI is InChI=1S/C17H22N4O2/c1-13-4-7-21(19-13)8-5-17(22)20-9-10-23-16(12-20)15-3-6-18-14(2)11-15/h3-4,6-7,11,16H,5,8-10,12H2,1-2H3/t16-/m1/s1. The van der Waals surface area contributed by atoms with Crippen LogP contribution in [0.5, 0.6) is 0 Å². The molecule has 1 aliphatic rings. The highest BCUT2D eigenvalue weighted by Crippen LogP contribution is 2.22. The molecule has 1 amide bonds. The number of rotatable bonds is 4. The van der Waals surface area contributed by atoms with Gasteiger partial charge in [0.25, 0.3) is 0 Å². The molecule has 1 fully saturated rings. The van der Waals surface area contributed by atoms with Crippen molar-refractivity contribution in [3.05, 3.63) is 47.5 Å². The summed E-state index contributed by atoms with van der Waals surface area (Å²) < 4.78 is 7.64. The number of morpholine rings is 1. The molecular weight excluding hydrogens is 292 g/mol. The van der Waals surface area contributed by atoms with Gasteiger partial charge in [0.05, 0.1) is 18.8 Å². The zero-order chi connectivity index (χ0) is 16.2. The Hall–Kier alpha value is -2.21. The highest BCUT2D eigenvalue weighted by Gasteiger charge is 2.25. The van der Waals surface area contributed by atoms with Gasteiger partial charge in [0.1, 0.15) is 6.10 Å². The Morgan fingerprint density at radius 3 is 2.96 bits per heavy atom. The van der Waals surface area contributed by atoms with E-state index in [0.717, 1.165) is 17.0 Å². The van der Waals surface area contributed by atoms with Crippen LogP contribution < -0.4 is 0 Å². The molecule has 0 N–H and O–H groups in total. The number of carbonyl (C=O) groups is 1. The summed E-state index contributed by atoms with van der Waals surface area (Å²) in [7, 11) is 0. The van der Waals surface area contributed by atoms with Gasteiger partial charge in [-0.15, -0.1) is 0 Å². The van der Waals surface area contributed by atoms with E-state index >= 15 is 0 Å². The first-order valence-corrected chi connectivity index (χ1v) is 7.94. The maximum absolute atomic E-state index is 12.4. The molecule has 0 aromatic carbocycles. The van der Waals surface area contributed by atoms with Gasteiger partial charge in [-0.2, -0.15) is 5.10 Å². The fourth-order valence-electron chi connectivity index (χ4n) is 2.80. The zero-order valence-electron chi connectivity index (χ0n) is 13.6. The Labute approximate surface area is 136 Å². The Morgan fingerprint density at radius 1 is 1.35 bits per heavy atom. The van der Waals surface area contributed by atoms with E-state index in [9.17, 15) is 4.79 Å². The summed E-state index contributed by atoms with van der Waals surface area (Å²) in [6.07, 6.45) is 4.09. The molecular formula is C17H22N4O2. The molecule has 3 rings (SSSR count). The van der Waals surface area contributed by atoms with E-state index in [2.05, 4.69) is 10.1 Å². The summed E-state index contributed by atoms with van der Waals surface area (Å²) in [6.45, 7) is 6.34. The minimum atomic E-state index is -0.0682. The second-order valence-corrected chi connectivity index (χ2v) is 5.90. The van der Waals surface area contributed by atoms with Crippen molar-refractivity contribution in [3.63, 3.8) is 0 Å². The van der Waals surface area contributed by atoms with Gasteiger partial charge in [-0.05, 0) is 37.6 Å². The molecule has 2 aromatic heterocycles. The normalized spacial score (nSPS) is 18.2. The Morgan fingerprint density at radius 2 is 2.22 bits per heavy atom. The third-order valence-corrected chi connectivity index (χ3v) is 4.04. The van der Waals surface area contributed by atoms with Crippen LogP contribution >= 0.6 is 0 Å². The van der Waals surface area contributed by atoms with Gasteiger partial charge >= 0.3 is 0 Å². The van der Waals surface area contributed by atoms with E-state index in [1.54, 1.807) is 6.20 Å². The van der Waals surface area contributed by atoms with Gasteiger partial charge in [0.15, 0.2) is 0 Å². The minimum Gasteiger partial charge on any atom is -0.370 e. The molecule has 0 aliphatic carbocycles. The summed E-state index contributed by atoms with van der Waals surface area (Å²) in [5, 5.41) is 4.31. The van der Waals surface area contributed by atoms with Crippen molar-refractivity contribution in [2.45, 2.75) is 32.9 Å². The Balaban J connectivity index is 1.58. The smallest absolute Gasteiger partial charge is 0.224 e. The third kappa shape index (κ3) is 3.96. The van der Waals surface area contributed by atoms with Crippen molar-refractivity contribution in [3.8, 4) is 0 Å². The van der Waals surface area contributed by atoms with Crippen LogP contribution in [0.2, 0.25) is 0 Å². The molecule has 1 saturated heterocycles. The first-order valence-electron chi connectivity index (χ1n) is 7.94. The van der Waals surface area contributed by atoms with E-state index < -0.39 is 0 Å². The highest BCUT2D eigenvalue weighted by atomic mass is 16.5. The molecule has 6 nitrogen and oxygen atoms in total. The molecule has 122 valence electrons. The number of aromatic nitrogens is 3. The number of pyridine rings is 1. The lowest BCUT2D eigenvalue weighted by Gasteiger charge is -2.33. The maximum Gasteiger partial charge on any atom is 0.224 e. The highest BCUT2D eigenvalue weighted by molar-refractivity contribution is 5.76. The summed E-state index contributed by atoms with van der Waals surface area (Å²) >= 11 is 0. The van der Waals surface area contributed by atoms with Crippen LogP contribution in [0.15, 0.2) is 30.6 Å². The molecule has 1 atom stereocenters. The number of amides is 1. The molecule has 1 aliphatic heterocycles. The topological polar surface area (TPSA) is 60.2 Å². The molecule has 0 radical (unpaired) electrons. The van der Waals surface area contributed by atoms with E-state index in [1.165, 1.54) is 0 Å². The summed E-state index contributed by atoms with van der Waals surface area (Å²) in [4.78, 5) is 18.5.